The second-order valence-electron chi connectivity index (χ2n) is 4.79. The highest BCUT2D eigenvalue weighted by Gasteiger charge is 2.30. The normalized spacial score (nSPS) is 13.3. The van der Waals surface area contributed by atoms with Gasteiger partial charge in [0.25, 0.3) is 0 Å². The molecule has 0 aliphatic rings. The van der Waals surface area contributed by atoms with E-state index in [1.54, 1.807) is 18.9 Å². The van der Waals surface area contributed by atoms with E-state index in [0.717, 1.165) is 18.2 Å². The summed E-state index contributed by atoms with van der Waals surface area (Å²) < 4.78 is 37.5. The van der Waals surface area contributed by atoms with E-state index in [9.17, 15) is 18.0 Å². The van der Waals surface area contributed by atoms with Crippen molar-refractivity contribution in [2.75, 3.05) is 31.2 Å². The van der Waals surface area contributed by atoms with Gasteiger partial charge in [-0.2, -0.15) is 13.2 Å². The third-order valence-corrected chi connectivity index (χ3v) is 3.06. The predicted molar refractivity (Wildman–Crippen MR) is 73.7 cm³/mol. The van der Waals surface area contributed by atoms with E-state index in [-0.39, 0.29) is 30.6 Å². The molecule has 0 saturated carbocycles. The van der Waals surface area contributed by atoms with Crippen LogP contribution in [0.2, 0.25) is 0 Å². The Morgan fingerprint density at radius 1 is 1.48 bits per heavy atom. The number of nitrogens with two attached hydrogens (primary N) is 1. The number of hydrogen-bond acceptors (Lipinski definition) is 4. The van der Waals surface area contributed by atoms with Crippen molar-refractivity contribution in [1.29, 1.82) is 0 Å². The summed E-state index contributed by atoms with van der Waals surface area (Å²) in [5.74, 6) is -0.427. The molecule has 1 rings (SSSR count). The highest BCUT2D eigenvalue weighted by molar-refractivity contribution is 5.95. The number of aliphatic hydroxyl groups excluding tert-OH is 1. The number of rotatable bonds is 5. The first-order chi connectivity index (χ1) is 9.65. The first-order valence-electron chi connectivity index (χ1n) is 6.22. The quantitative estimate of drug-likeness (QED) is 0.721. The molecule has 0 fully saturated rings. The molecule has 0 heterocycles. The Balaban J connectivity index is 2.73. The van der Waals surface area contributed by atoms with Crippen LogP contribution in [0, 0.1) is 0 Å². The van der Waals surface area contributed by atoms with Gasteiger partial charge in [0, 0.05) is 6.04 Å². The van der Waals surface area contributed by atoms with Crippen LogP contribution in [-0.2, 0) is 11.0 Å². The number of likely N-dealkylation sites (N-methyl/N-ethyl adjacent to an activating group) is 1. The number of anilines is 2. The molecule has 1 aromatic rings. The maximum absolute atomic E-state index is 12.5. The van der Waals surface area contributed by atoms with Crippen LogP contribution in [0.25, 0.3) is 0 Å². The molecular weight excluding hydrogens is 287 g/mol. The van der Waals surface area contributed by atoms with Crippen LogP contribution in [0.1, 0.15) is 12.5 Å². The lowest BCUT2D eigenvalue weighted by atomic mass is 10.1. The first kappa shape index (κ1) is 17.3. The Hall–Kier alpha value is -1.80. The minimum absolute atomic E-state index is 0.0117. The Kier molecular flexibility index (Phi) is 5.56. The Labute approximate surface area is 120 Å². The van der Waals surface area contributed by atoms with Crippen LogP contribution in [-0.4, -0.2) is 42.2 Å². The van der Waals surface area contributed by atoms with Crippen molar-refractivity contribution in [2.45, 2.75) is 19.1 Å². The fourth-order valence-corrected chi connectivity index (χ4v) is 1.56. The predicted octanol–water partition coefficient (Wildman–Crippen LogP) is 1.54. The summed E-state index contributed by atoms with van der Waals surface area (Å²) in [7, 11) is 1.65. The Bertz CT molecular complexity index is 506. The van der Waals surface area contributed by atoms with Crippen molar-refractivity contribution >= 4 is 17.3 Å². The molecular formula is C13H18F3N3O2. The maximum atomic E-state index is 12.5. The fourth-order valence-electron chi connectivity index (χ4n) is 1.56. The first-order valence-corrected chi connectivity index (χ1v) is 6.22. The summed E-state index contributed by atoms with van der Waals surface area (Å²) in [6.07, 6.45) is -4.48. The van der Waals surface area contributed by atoms with Crippen LogP contribution in [0.3, 0.4) is 0 Å². The fraction of sp³-hybridized carbons (Fsp3) is 0.462. The van der Waals surface area contributed by atoms with E-state index in [1.165, 1.54) is 0 Å². The molecule has 5 nitrogen and oxygen atoms in total. The van der Waals surface area contributed by atoms with Crippen molar-refractivity contribution < 1.29 is 23.1 Å². The Morgan fingerprint density at radius 2 is 2.10 bits per heavy atom. The molecule has 4 N–H and O–H groups in total. The summed E-state index contributed by atoms with van der Waals surface area (Å²) in [5.41, 5.74) is 4.61. The maximum Gasteiger partial charge on any atom is 0.416 e. The van der Waals surface area contributed by atoms with Crippen molar-refractivity contribution in [3.05, 3.63) is 23.8 Å². The number of carbonyl (C=O) groups excluding carboxylic acids is 1. The lowest BCUT2D eigenvalue weighted by Gasteiger charge is -2.22. The molecule has 0 saturated heterocycles. The number of amides is 1. The van der Waals surface area contributed by atoms with Gasteiger partial charge < -0.3 is 16.2 Å². The summed E-state index contributed by atoms with van der Waals surface area (Å²) in [5, 5.41) is 11.4. The number of nitrogen functional groups attached to an aromatic ring is 1. The van der Waals surface area contributed by atoms with E-state index >= 15 is 0 Å². The molecule has 0 aromatic heterocycles. The van der Waals surface area contributed by atoms with Gasteiger partial charge in [-0.25, -0.2) is 0 Å². The summed E-state index contributed by atoms with van der Waals surface area (Å²) in [6, 6.07) is 2.54. The van der Waals surface area contributed by atoms with Crippen LogP contribution in [0.15, 0.2) is 18.2 Å². The third kappa shape index (κ3) is 4.91. The lowest BCUT2D eigenvalue weighted by molar-refractivity contribution is -0.137. The van der Waals surface area contributed by atoms with E-state index in [4.69, 9.17) is 10.8 Å². The summed E-state index contributed by atoms with van der Waals surface area (Å²) >= 11 is 0. The molecule has 0 bridgehead atoms. The van der Waals surface area contributed by atoms with Gasteiger partial charge in [-0.05, 0) is 32.2 Å². The van der Waals surface area contributed by atoms with Gasteiger partial charge in [0.2, 0.25) is 5.91 Å². The number of halogens is 3. The van der Waals surface area contributed by atoms with Crippen LogP contribution in [0.5, 0.6) is 0 Å². The summed E-state index contributed by atoms with van der Waals surface area (Å²) in [4.78, 5) is 13.4. The molecule has 1 unspecified atom stereocenters. The zero-order valence-electron chi connectivity index (χ0n) is 11.7. The van der Waals surface area contributed by atoms with Crippen molar-refractivity contribution in [1.82, 2.24) is 4.90 Å². The highest BCUT2D eigenvalue weighted by atomic mass is 19.4. The molecule has 8 heteroatoms. The number of alkyl halides is 3. The van der Waals surface area contributed by atoms with E-state index in [1.807, 2.05) is 0 Å². The van der Waals surface area contributed by atoms with Gasteiger partial charge in [-0.3, -0.25) is 9.69 Å². The zero-order valence-corrected chi connectivity index (χ0v) is 11.7. The molecule has 0 aliphatic heterocycles. The molecule has 1 atom stereocenters. The van der Waals surface area contributed by atoms with Gasteiger partial charge in [0.15, 0.2) is 0 Å². The monoisotopic (exact) mass is 305 g/mol. The Morgan fingerprint density at radius 3 is 2.57 bits per heavy atom. The summed E-state index contributed by atoms with van der Waals surface area (Å²) in [6.45, 7) is 1.62. The molecule has 0 aliphatic carbocycles. The lowest BCUT2D eigenvalue weighted by Crippen LogP contribution is -2.38. The second kappa shape index (κ2) is 6.77. The molecule has 1 amide bonds. The number of aliphatic hydroxyl groups is 1. The number of nitrogens with zero attached hydrogens (tertiary/aromatic N) is 1. The van der Waals surface area contributed by atoms with E-state index < -0.39 is 17.6 Å². The van der Waals surface area contributed by atoms with E-state index in [0.29, 0.717) is 0 Å². The van der Waals surface area contributed by atoms with Gasteiger partial charge >= 0.3 is 6.18 Å². The van der Waals surface area contributed by atoms with Crippen molar-refractivity contribution in [3.8, 4) is 0 Å². The average Bonchev–Trinajstić information content (AvgIpc) is 2.38. The minimum Gasteiger partial charge on any atom is -0.397 e. The largest absolute Gasteiger partial charge is 0.416 e. The number of carbonyl (C=O) groups is 1. The third-order valence-electron chi connectivity index (χ3n) is 3.06. The topological polar surface area (TPSA) is 78.6 Å². The van der Waals surface area contributed by atoms with Crippen LogP contribution >= 0.6 is 0 Å². The molecule has 0 radical (unpaired) electrons. The van der Waals surface area contributed by atoms with E-state index in [2.05, 4.69) is 5.32 Å². The average molecular weight is 305 g/mol. The number of nitrogens with one attached hydrogen (secondary N) is 1. The van der Waals surface area contributed by atoms with Crippen LogP contribution < -0.4 is 11.1 Å². The molecule has 21 heavy (non-hydrogen) atoms. The van der Waals surface area contributed by atoms with Crippen molar-refractivity contribution in [3.63, 3.8) is 0 Å². The highest BCUT2D eigenvalue weighted by Crippen LogP contribution is 2.32. The number of benzene rings is 1. The van der Waals surface area contributed by atoms with Gasteiger partial charge in [0.05, 0.1) is 30.1 Å². The van der Waals surface area contributed by atoms with Gasteiger partial charge in [-0.1, -0.05) is 0 Å². The number of hydrogen-bond donors (Lipinski definition) is 3. The van der Waals surface area contributed by atoms with Crippen LogP contribution in [0.4, 0.5) is 24.5 Å². The second-order valence-corrected chi connectivity index (χ2v) is 4.79. The molecule has 118 valence electrons. The van der Waals surface area contributed by atoms with Gasteiger partial charge in [-0.15, -0.1) is 0 Å². The molecule has 1 aromatic carbocycles. The standard InChI is InChI=1S/C13H18F3N3O2/c1-8(7-20)19(2)6-12(21)18-11-4-3-9(5-10(11)17)13(14,15)16/h3-5,8,20H,6-7,17H2,1-2H3,(H,18,21). The smallest absolute Gasteiger partial charge is 0.397 e. The van der Waals surface area contributed by atoms with Gasteiger partial charge in [0.1, 0.15) is 0 Å². The SMILES string of the molecule is CC(CO)N(C)CC(=O)Nc1ccc(C(F)(F)F)cc1N. The zero-order chi connectivity index (χ0) is 16.2. The minimum atomic E-state index is -4.48. The van der Waals surface area contributed by atoms with Crippen molar-refractivity contribution in [2.24, 2.45) is 0 Å². The molecule has 0 spiro atoms.